The van der Waals surface area contributed by atoms with Crippen LogP contribution in [0.4, 0.5) is 9.93 Å². The lowest BCUT2D eigenvalue weighted by Crippen LogP contribution is -2.28. The van der Waals surface area contributed by atoms with Crippen molar-refractivity contribution in [2.24, 2.45) is 0 Å². The number of Topliss-reactive ketones (excluding diaryl/α,β-unsaturated/α-hetero) is 1. The van der Waals surface area contributed by atoms with Gasteiger partial charge in [0.05, 0.1) is 21.6 Å². The lowest BCUT2D eigenvalue weighted by atomic mass is 9.92. The molecule has 0 spiro atoms. The number of amides is 2. The molecular weight excluding hydrogens is 422 g/mol. The summed E-state index contributed by atoms with van der Waals surface area (Å²) in [5.74, 6) is 0.242. The van der Waals surface area contributed by atoms with Gasteiger partial charge in [-0.25, -0.2) is 9.78 Å². The molecule has 3 heterocycles. The highest BCUT2D eigenvalue weighted by atomic mass is 32.1. The molecule has 0 saturated heterocycles. The van der Waals surface area contributed by atoms with Crippen molar-refractivity contribution in [3.8, 4) is 22.4 Å². The summed E-state index contributed by atoms with van der Waals surface area (Å²) in [6, 6.07) is 11.7. The van der Waals surface area contributed by atoms with Crippen molar-refractivity contribution in [3.63, 3.8) is 0 Å². The fraction of sp³-hybridized carbons (Fsp3) is 0.208. The van der Waals surface area contributed by atoms with Crippen molar-refractivity contribution in [1.82, 2.24) is 20.3 Å². The van der Waals surface area contributed by atoms with Crippen LogP contribution in [0.3, 0.4) is 0 Å². The summed E-state index contributed by atoms with van der Waals surface area (Å²) in [6.45, 7) is 2.41. The topological polar surface area (TPSA) is 96.9 Å². The van der Waals surface area contributed by atoms with Gasteiger partial charge in [-0.2, -0.15) is 0 Å². The van der Waals surface area contributed by atoms with Gasteiger partial charge in [0, 0.05) is 42.9 Å². The molecule has 1 aromatic carbocycles. The first-order valence-corrected chi connectivity index (χ1v) is 11.3. The monoisotopic (exact) mass is 443 g/mol. The maximum Gasteiger partial charge on any atom is 0.321 e. The zero-order valence-corrected chi connectivity index (χ0v) is 18.3. The number of hydrogen-bond donors (Lipinski definition) is 2. The van der Waals surface area contributed by atoms with Crippen molar-refractivity contribution in [2.45, 2.75) is 26.2 Å². The molecule has 1 aliphatic carbocycles. The molecule has 7 nitrogen and oxygen atoms in total. The summed E-state index contributed by atoms with van der Waals surface area (Å²) in [5.41, 5.74) is 6.52. The van der Waals surface area contributed by atoms with Gasteiger partial charge in [-0.3, -0.25) is 20.1 Å². The molecular formula is C24H21N5O2S. The third-order valence-corrected chi connectivity index (χ3v) is 6.44. The molecule has 32 heavy (non-hydrogen) atoms. The average molecular weight is 444 g/mol. The zero-order chi connectivity index (χ0) is 22.1. The van der Waals surface area contributed by atoms with Gasteiger partial charge in [0.25, 0.3) is 0 Å². The maximum atomic E-state index is 12.0. The molecule has 0 atom stereocenters. The van der Waals surface area contributed by atoms with Gasteiger partial charge in [0.15, 0.2) is 5.13 Å². The van der Waals surface area contributed by atoms with Crippen LogP contribution in [0, 0.1) is 0 Å². The number of hydrogen-bond acceptors (Lipinski definition) is 6. The smallest absolute Gasteiger partial charge is 0.321 e. The number of aryl methyl sites for hydroxylation is 1. The van der Waals surface area contributed by atoms with E-state index in [1.165, 1.54) is 11.3 Å². The van der Waals surface area contributed by atoms with Gasteiger partial charge in [-0.15, -0.1) is 0 Å². The van der Waals surface area contributed by atoms with Crippen molar-refractivity contribution in [1.29, 1.82) is 0 Å². The molecule has 5 rings (SSSR count). The van der Waals surface area contributed by atoms with E-state index >= 15 is 0 Å². The highest BCUT2D eigenvalue weighted by Crippen LogP contribution is 2.38. The van der Waals surface area contributed by atoms with Crippen LogP contribution in [0.15, 0.2) is 48.8 Å². The number of nitrogens with one attached hydrogen (secondary N) is 2. The van der Waals surface area contributed by atoms with Crippen LogP contribution >= 0.6 is 11.3 Å². The second-order valence-electron chi connectivity index (χ2n) is 7.64. The number of nitrogens with zero attached hydrogens (tertiary/aromatic N) is 3. The maximum absolute atomic E-state index is 12.0. The Labute approximate surface area is 188 Å². The van der Waals surface area contributed by atoms with E-state index in [9.17, 15) is 9.59 Å². The summed E-state index contributed by atoms with van der Waals surface area (Å²) < 4.78 is 0.954. The summed E-state index contributed by atoms with van der Waals surface area (Å²) in [4.78, 5) is 37.5. The van der Waals surface area contributed by atoms with Crippen molar-refractivity contribution in [2.75, 3.05) is 11.9 Å². The van der Waals surface area contributed by atoms with Gasteiger partial charge in [-0.1, -0.05) is 17.4 Å². The molecule has 1 aliphatic rings. The van der Waals surface area contributed by atoms with Crippen molar-refractivity contribution >= 4 is 38.5 Å². The minimum Gasteiger partial charge on any atom is -0.338 e. The summed E-state index contributed by atoms with van der Waals surface area (Å²) in [6.07, 6.45) is 5.29. The van der Waals surface area contributed by atoms with E-state index in [0.717, 1.165) is 50.3 Å². The highest BCUT2D eigenvalue weighted by molar-refractivity contribution is 7.22. The highest BCUT2D eigenvalue weighted by Gasteiger charge is 2.19. The second-order valence-corrected chi connectivity index (χ2v) is 8.63. The Bertz CT molecular complexity index is 1330. The largest absolute Gasteiger partial charge is 0.338 e. The molecule has 160 valence electrons. The van der Waals surface area contributed by atoms with E-state index < -0.39 is 0 Å². The molecule has 0 aliphatic heterocycles. The standard InChI is InChI=1S/C24H21N5O2S/c1-2-25-23(31)29-24-28-21-11-15(10-18(22(21)32-24)19-5-3-4-8-26-19)16-9-14-6-7-17(30)12-20(14)27-13-16/h3-5,8-11,13H,2,6-7,12H2,1H3,(H2,25,28,29,31). The zero-order valence-electron chi connectivity index (χ0n) is 17.5. The SMILES string of the molecule is CCNC(=O)Nc1nc2cc(-c3cnc4c(c3)CCC(=O)C4)cc(-c3ccccn3)c2s1. The number of ketones is 1. The number of thiazole rings is 1. The van der Waals surface area contributed by atoms with Crippen LogP contribution in [0.2, 0.25) is 0 Å². The van der Waals surface area contributed by atoms with E-state index in [2.05, 4.69) is 37.7 Å². The molecule has 2 N–H and O–H groups in total. The fourth-order valence-electron chi connectivity index (χ4n) is 3.89. The number of urea groups is 1. The third kappa shape index (κ3) is 3.97. The van der Waals surface area contributed by atoms with Gasteiger partial charge < -0.3 is 5.32 Å². The lowest BCUT2D eigenvalue weighted by Gasteiger charge is -2.15. The van der Waals surface area contributed by atoms with E-state index in [1.807, 2.05) is 37.4 Å². The first-order chi connectivity index (χ1) is 15.6. The van der Waals surface area contributed by atoms with Gasteiger partial charge in [-0.05, 0) is 54.8 Å². The van der Waals surface area contributed by atoms with E-state index in [0.29, 0.717) is 24.5 Å². The predicted molar refractivity (Wildman–Crippen MR) is 126 cm³/mol. The first-order valence-electron chi connectivity index (χ1n) is 10.5. The van der Waals surface area contributed by atoms with Crippen molar-refractivity contribution in [3.05, 3.63) is 60.0 Å². The molecule has 0 fully saturated rings. The Kier molecular flexibility index (Phi) is 5.36. The quantitative estimate of drug-likeness (QED) is 0.480. The number of pyridine rings is 2. The van der Waals surface area contributed by atoms with Gasteiger partial charge in [0.2, 0.25) is 0 Å². The Morgan fingerprint density at radius 3 is 2.84 bits per heavy atom. The van der Waals surface area contributed by atoms with Crippen LogP contribution in [0.25, 0.3) is 32.6 Å². The number of carbonyl (C=O) groups excluding carboxylic acids is 2. The van der Waals surface area contributed by atoms with Crippen LogP contribution in [0.5, 0.6) is 0 Å². The summed E-state index contributed by atoms with van der Waals surface area (Å²) >= 11 is 1.42. The number of fused-ring (bicyclic) bond motifs is 2. The Morgan fingerprint density at radius 1 is 1.12 bits per heavy atom. The van der Waals surface area contributed by atoms with E-state index in [4.69, 9.17) is 0 Å². The first kappa shape index (κ1) is 20.3. The molecule has 0 unspecified atom stereocenters. The van der Waals surface area contributed by atoms with Gasteiger partial charge >= 0.3 is 6.03 Å². The lowest BCUT2D eigenvalue weighted by molar-refractivity contribution is -0.118. The summed E-state index contributed by atoms with van der Waals surface area (Å²) in [5, 5.41) is 6.06. The average Bonchev–Trinajstić information content (AvgIpc) is 3.21. The number of rotatable bonds is 4. The molecule has 2 amide bonds. The minimum absolute atomic E-state index is 0.242. The van der Waals surface area contributed by atoms with Gasteiger partial charge in [0.1, 0.15) is 5.78 Å². The van der Waals surface area contributed by atoms with Crippen LogP contribution < -0.4 is 10.6 Å². The van der Waals surface area contributed by atoms with Crippen LogP contribution in [-0.2, 0) is 17.6 Å². The Morgan fingerprint density at radius 2 is 2.03 bits per heavy atom. The van der Waals surface area contributed by atoms with Crippen molar-refractivity contribution < 1.29 is 9.59 Å². The fourth-order valence-corrected chi connectivity index (χ4v) is 4.85. The summed E-state index contributed by atoms with van der Waals surface area (Å²) in [7, 11) is 0. The predicted octanol–water partition coefficient (Wildman–Crippen LogP) is 4.62. The van der Waals surface area contributed by atoms with Crippen LogP contribution in [0.1, 0.15) is 24.6 Å². The Hall–Kier alpha value is -3.65. The second kappa shape index (κ2) is 8.47. The minimum atomic E-state index is -0.278. The number of aromatic nitrogens is 3. The molecule has 4 aromatic rings. The molecule has 0 saturated carbocycles. The van der Waals surface area contributed by atoms with Crippen LogP contribution in [-0.4, -0.2) is 33.3 Å². The molecule has 0 bridgehead atoms. The molecule has 0 radical (unpaired) electrons. The number of anilines is 1. The Balaban J connectivity index is 1.62. The normalized spacial score (nSPS) is 13.1. The number of benzene rings is 1. The number of carbonyl (C=O) groups is 2. The van der Waals surface area contributed by atoms with E-state index in [1.54, 1.807) is 6.20 Å². The third-order valence-electron chi connectivity index (χ3n) is 5.42. The van der Waals surface area contributed by atoms with E-state index in [-0.39, 0.29) is 11.8 Å². The molecule has 8 heteroatoms. The molecule has 3 aromatic heterocycles.